The van der Waals surface area contributed by atoms with Crippen LogP contribution in [0, 0.1) is 5.92 Å². The Balaban J connectivity index is 1.71. The van der Waals surface area contributed by atoms with Gasteiger partial charge in [-0.1, -0.05) is 6.42 Å². The fraction of sp³-hybridized carbons (Fsp3) is 0.923. The van der Waals surface area contributed by atoms with Gasteiger partial charge in [-0.15, -0.1) is 0 Å². The minimum Gasteiger partial charge on any atom is -0.354 e. The van der Waals surface area contributed by atoms with Gasteiger partial charge >= 0.3 is 0 Å². The first-order valence-corrected chi connectivity index (χ1v) is 6.96. The number of carbonyl (C=O) groups excluding carboxylic acids is 1. The smallest absolute Gasteiger partial charge is 0.223 e. The summed E-state index contributed by atoms with van der Waals surface area (Å²) in [5.74, 6) is 0.510. The Kier molecular flexibility index (Phi) is 4.80. The van der Waals surface area contributed by atoms with Gasteiger partial charge in [0, 0.05) is 18.5 Å². The number of nitrogens with zero attached hydrogens (tertiary/aromatic N) is 1. The van der Waals surface area contributed by atoms with Crippen LogP contribution in [0.3, 0.4) is 0 Å². The summed E-state index contributed by atoms with van der Waals surface area (Å²) in [5, 5.41) is 6.44. The Labute approximate surface area is 104 Å². The van der Waals surface area contributed by atoms with E-state index in [0.717, 1.165) is 32.5 Å². The van der Waals surface area contributed by atoms with Gasteiger partial charge in [-0.2, -0.15) is 0 Å². The third-order valence-electron chi connectivity index (χ3n) is 4.14. The molecule has 4 nitrogen and oxygen atoms in total. The molecule has 2 fully saturated rings. The summed E-state index contributed by atoms with van der Waals surface area (Å²) < 4.78 is 0. The van der Waals surface area contributed by atoms with Crippen molar-refractivity contribution >= 4 is 5.91 Å². The van der Waals surface area contributed by atoms with Crippen molar-refractivity contribution in [1.82, 2.24) is 15.5 Å². The summed E-state index contributed by atoms with van der Waals surface area (Å²) in [6.07, 6.45) is 5.81. The molecule has 0 saturated carbocycles. The molecule has 2 heterocycles. The summed E-state index contributed by atoms with van der Waals surface area (Å²) in [6.45, 7) is 3.98. The van der Waals surface area contributed by atoms with Crippen LogP contribution >= 0.6 is 0 Å². The molecule has 2 N–H and O–H groups in total. The first-order valence-electron chi connectivity index (χ1n) is 6.96. The highest BCUT2D eigenvalue weighted by atomic mass is 16.1. The topological polar surface area (TPSA) is 44.4 Å². The lowest BCUT2D eigenvalue weighted by atomic mass is 9.97. The molecule has 1 amide bonds. The lowest BCUT2D eigenvalue weighted by molar-refractivity contribution is -0.126. The maximum Gasteiger partial charge on any atom is 0.223 e. The number of likely N-dealkylation sites (tertiary alicyclic amines) is 1. The van der Waals surface area contributed by atoms with Gasteiger partial charge in [0.15, 0.2) is 0 Å². The van der Waals surface area contributed by atoms with Crippen LogP contribution in [0.5, 0.6) is 0 Å². The summed E-state index contributed by atoms with van der Waals surface area (Å²) in [7, 11) is 2.17. The van der Waals surface area contributed by atoms with E-state index in [9.17, 15) is 4.79 Å². The monoisotopic (exact) mass is 239 g/mol. The fourth-order valence-electron chi connectivity index (χ4n) is 2.85. The highest BCUT2D eigenvalue weighted by Gasteiger charge is 2.23. The van der Waals surface area contributed by atoms with Gasteiger partial charge in [0.1, 0.15) is 0 Å². The zero-order chi connectivity index (χ0) is 12.1. The molecule has 0 aromatic rings. The molecule has 0 aromatic carbocycles. The number of carbonyl (C=O) groups is 1. The van der Waals surface area contributed by atoms with Crippen LogP contribution in [-0.4, -0.2) is 50.1 Å². The minimum atomic E-state index is 0.241. The number of nitrogens with one attached hydrogen (secondary N) is 2. The average Bonchev–Trinajstić information content (AvgIpc) is 2.38. The molecule has 0 spiro atoms. The molecule has 0 bridgehead atoms. The van der Waals surface area contributed by atoms with E-state index >= 15 is 0 Å². The molecule has 2 rings (SSSR count). The normalized spacial score (nSPS) is 27.9. The van der Waals surface area contributed by atoms with Crippen LogP contribution in [0.4, 0.5) is 0 Å². The molecular weight excluding hydrogens is 214 g/mol. The maximum absolute atomic E-state index is 12.0. The molecule has 2 aliphatic rings. The number of likely N-dealkylation sites (N-methyl/N-ethyl adjacent to an activating group) is 1. The van der Waals surface area contributed by atoms with E-state index in [1.54, 1.807) is 0 Å². The third-order valence-corrected chi connectivity index (χ3v) is 4.14. The Morgan fingerprint density at radius 1 is 1.29 bits per heavy atom. The second kappa shape index (κ2) is 6.36. The van der Waals surface area contributed by atoms with Gasteiger partial charge in [0.2, 0.25) is 5.91 Å². The first kappa shape index (κ1) is 12.8. The van der Waals surface area contributed by atoms with Gasteiger partial charge in [-0.25, -0.2) is 0 Å². The van der Waals surface area contributed by atoms with Crippen molar-refractivity contribution in [2.45, 2.75) is 38.1 Å². The summed E-state index contributed by atoms with van der Waals surface area (Å²) >= 11 is 0. The Bertz CT molecular complexity index is 251. The van der Waals surface area contributed by atoms with E-state index in [2.05, 4.69) is 22.6 Å². The van der Waals surface area contributed by atoms with Crippen molar-refractivity contribution in [3.8, 4) is 0 Å². The summed E-state index contributed by atoms with van der Waals surface area (Å²) in [4.78, 5) is 14.4. The lowest BCUT2D eigenvalue weighted by Gasteiger charge is -2.33. The van der Waals surface area contributed by atoms with Gasteiger partial charge in [0.05, 0.1) is 0 Å². The summed E-state index contributed by atoms with van der Waals surface area (Å²) in [6, 6.07) is 0.550. The zero-order valence-corrected chi connectivity index (χ0v) is 10.9. The lowest BCUT2D eigenvalue weighted by Crippen LogP contribution is -2.46. The van der Waals surface area contributed by atoms with E-state index in [0.29, 0.717) is 6.04 Å². The van der Waals surface area contributed by atoms with E-state index in [1.807, 2.05) is 0 Å². The van der Waals surface area contributed by atoms with Crippen LogP contribution in [0.15, 0.2) is 0 Å². The minimum absolute atomic E-state index is 0.241. The average molecular weight is 239 g/mol. The van der Waals surface area contributed by atoms with Crippen LogP contribution in [0.25, 0.3) is 0 Å². The van der Waals surface area contributed by atoms with Gasteiger partial charge in [0.25, 0.3) is 0 Å². The molecule has 1 unspecified atom stereocenters. The fourth-order valence-corrected chi connectivity index (χ4v) is 2.85. The second-order valence-electron chi connectivity index (χ2n) is 5.40. The molecule has 0 aromatic heterocycles. The van der Waals surface area contributed by atoms with Crippen molar-refractivity contribution in [2.24, 2.45) is 5.92 Å². The van der Waals surface area contributed by atoms with Crippen LogP contribution < -0.4 is 10.6 Å². The molecular formula is C13H25N3O. The second-order valence-corrected chi connectivity index (χ2v) is 5.40. The van der Waals surface area contributed by atoms with Crippen molar-refractivity contribution < 1.29 is 4.79 Å². The van der Waals surface area contributed by atoms with Crippen molar-refractivity contribution in [3.63, 3.8) is 0 Å². The van der Waals surface area contributed by atoms with E-state index in [4.69, 9.17) is 0 Å². The molecule has 1 atom stereocenters. The predicted octanol–water partition coefficient (Wildman–Crippen LogP) is 0.587. The largest absolute Gasteiger partial charge is 0.354 e. The number of piperidine rings is 2. The molecule has 4 heteroatoms. The Hall–Kier alpha value is -0.610. The van der Waals surface area contributed by atoms with Crippen LogP contribution in [0.1, 0.15) is 32.1 Å². The summed E-state index contributed by atoms with van der Waals surface area (Å²) in [5.41, 5.74) is 0. The number of rotatable bonds is 3. The highest BCUT2D eigenvalue weighted by Crippen LogP contribution is 2.15. The quantitative estimate of drug-likeness (QED) is 0.757. The molecule has 2 aliphatic heterocycles. The molecule has 0 aliphatic carbocycles. The third kappa shape index (κ3) is 3.68. The van der Waals surface area contributed by atoms with Crippen LogP contribution in [-0.2, 0) is 4.79 Å². The maximum atomic E-state index is 12.0. The predicted molar refractivity (Wildman–Crippen MR) is 68.9 cm³/mol. The first-order chi connectivity index (χ1) is 8.27. The van der Waals surface area contributed by atoms with Gasteiger partial charge in [-0.3, -0.25) is 4.79 Å². The van der Waals surface area contributed by atoms with Crippen LogP contribution in [0.2, 0.25) is 0 Å². The van der Waals surface area contributed by atoms with Crippen molar-refractivity contribution in [1.29, 1.82) is 0 Å². The van der Waals surface area contributed by atoms with Gasteiger partial charge < -0.3 is 15.5 Å². The molecule has 0 radical (unpaired) electrons. The molecule has 17 heavy (non-hydrogen) atoms. The van der Waals surface area contributed by atoms with Gasteiger partial charge in [-0.05, 0) is 52.4 Å². The Morgan fingerprint density at radius 3 is 2.76 bits per heavy atom. The van der Waals surface area contributed by atoms with E-state index < -0.39 is 0 Å². The SMILES string of the molecule is CN1CCCCC1CNC(=O)C1CCNCC1. The van der Waals surface area contributed by atoms with E-state index in [1.165, 1.54) is 25.8 Å². The van der Waals surface area contributed by atoms with Crippen molar-refractivity contribution in [3.05, 3.63) is 0 Å². The number of amides is 1. The molecule has 98 valence electrons. The standard InChI is InChI=1S/C13H25N3O/c1-16-9-3-2-4-12(16)10-15-13(17)11-5-7-14-8-6-11/h11-12,14H,2-10H2,1H3,(H,15,17). The number of hydrogen-bond donors (Lipinski definition) is 2. The Morgan fingerprint density at radius 2 is 2.06 bits per heavy atom. The highest BCUT2D eigenvalue weighted by molar-refractivity contribution is 5.78. The number of hydrogen-bond acceptors (Lipinski definition) is 3. The molecule has 2 saturated heterocycles. The zero-order valence-electron chi connectivity index (χ0n) is 10.9. The van der Waals surface area contributed by atoms with Crippen molar-refractivity contribution in [2.75, 3.05) is 33.2 Å². The van der Waals surface area contributed by atoms with E-state index in [-0.39, 0.29) is 11.8 Å².